The van der Waals surface area contributed by atoms with Gasteiger partial charge < -0.3 is 20.9 Å². The van der Waals surface area contributed by atoms with Gasteiger partial charge in [-0.3, -0.25) is 0 Å². The Balaban J connectivity index is 1.41. The molecule has 1 fully saturated rings. The van der Waals surface area contributed by atoms with Gasteiger partial charge in [0.1, 0.15) is 5.82 Å². The van der Waals surface area contributed by atoms with Gasteiger partial charge in [0, 0.05) is 43.6 Å². The number of hydrogen-bond acceptors (Lipinski definition) is 5. The maximum Gasteiger partial charge on any atom is 0.319 e. The summed E-state index contributed by atoms with van der Waals surface area (Å²) in [6.45, 7) is 2.56. The Labute approximate surface area is 177 Å². The number of amides is 2. The van der Waals surface area contributed by atoms with Gasteiger partial charge in [0.25, 0.3) is 0 Å². The van der Waals surface area contributed by atoms with Crippen molar-refractivity contribution in [1.29, 1.82) is 0 Å². The minimum absolute atomic E-state index is 0.190. The predicted molar refractivity (Wildman–Crippen MR) is 119 cm³/mol. The minimum atomic E-state index is -0.190. The summed E-state index contributed by atoms with van der Waals surface area (Å²) in [7, 11) is 3.93. The van der Waals surface area contributed by atoms with E-state index in [-0.39, 0.29) is 6.03 Å². The van der Waals surface area contributed by atoms with Crippen LogP contribution >= 0.6 is 11.6 Å². The first-order valence-corrected chi connectivity index (χ1v) is 10.4. The van der Waals surface area contributed by atoms with Crippen LogP contribution in [0.15, 0.2) is 30.5 Å². The summed E-state index contributed by atoms with van der Waals surface area (Å²) in [5.74, 6) is 2.05. The fourth-order valence-corrected chi connectivity index (χ4v) is 3.68. The van der Waals surface area contributed by atoms with Gasteiger partial charge in [0.15, 0.2) is 0 Å². The molecule has 0 saturated heterocycles. The molecular weight excluding hydrogens is 388 g/mol. The van der Waals surface area contributed by atoms with Gasteiger partial charge in [-0.1, -0.05) is 17.7 Å². The summed E-state index contributed by atoms with van der Waals surface area (Å²) in [5.41, 5.74) is 1.61. The summed E-state index contributed by atoms with van der Waals surface area (Å²) in [6.07, 6.45) is 5.97. The zero-order chi connectivity index (χ0) is 20.8. The number of aromatic nitrogens is 2. The molecule has 1 aliphatic rings. The number of benzene rings is 1. The van der Waals surface area contributed by atoms with Crippen molar-refractivity contribution in [1.82, 2.24) is 15.3 Å². The van der Waals surface area contributed by atoms with E-state index in [9.17, 15) is 4.79 Å². The second-order valence-corrected chi connectivity index (χ2v) is 8.15. The van der Waals surface area contributed by atoms with Crippen molar-refractivity contribution in [2.24, 2.45) is 5.92 Å². The maximum atomic E-state index is 12.2. The topological polar surface area (TPSA) is 82.2 Å². The number of rotatable bonds is 6. The largest absolute Gasteiger partial charge is 0.363 e. The lowest BCUT2D eigenvalue weighted by atomic mass is 9.86. The first-order chi connectivity index (χ1) is 13.9. The molecule has 2 aromatic rings. The van der Waals surface area contributed by atoms with Crippen LogP contribution < -0.4 is 20.9 Å². The van der Waals surface area contributed by atoms with Crippen LogP contribution in [0.25, 0.3) is 0 Å². The van der Waals surface area contributed by atoms with E-state index in [1.807, 2.05) is 50.2 Å². The number of nitrogens with one attached hydrogen (secondary N) is 3. The molecule has 1 saturated carbocycles. The van der Waals surface area contributed by atoms with E-state index in [0.717, 1.165) is 42.8 Å². The molecule has 156 valence electrons. The zero-order valence-electron chi connectivity index (χ0n) is 17.2. The number of carbonyl (C=O) groups is 1. The Morgan fingerprint density at radius 3 is 2.69 bits per heavy atom. The van der Waals surface area contributed by atoms with E-state index in [4.69, 9.17) is 11.6 Å². The summed E-state index contributed by atoms with van der Waals surface area (Å²) in [5, 5.41) is 9.96. The fourth-order valence-electron chi connectivity index (χ4n) is 3.51. The molecule has 0 radical (unpaired) electrons. The highest BCUT2D eigenvalue weighted by atomic mass is 35.5. The molecule has 1 aromatic heterocycles. The molecule has 0 bridgehead atoms. The molecule has 2 amide bonds. The number of urea groups is 1. The van der Waals surface area contributed by atoms with Crippen molar-refractivity contribution in [2.45, 2.75) is 38.6 Å². The van der Waals surface area contributed by atoms with Crippen LogP contribution in [0.2, 0.25) is 5.02 Å². The van der Waals surface area contributed by atoms with E-state index < -0.39 is 0 Å². The Bertz CT molecular complexity index is 836. The standard InChI is InChI=1S/C21H29ClN6O/c1-14-17(22)5-4-6-18(14)26-21(29)24-13-15-7-9-16(10-8-15)25-20-23-12-11-19(27-20)28(2)3/h4-6,11-12,15-16H,7-10,13H2,1-3H3,(H,23,25,27)(H2,24,26,29). The smallest absolute Gasteiger partial charge is 0.319 e. The maximum absolute atomic E-state index is 12.2. The molecule has 8 heteroatoms. The van der Waals surface area contributed by atoms with E-state index in [0.29, 0.717) is 29.5 Å². The average Bonchev–Trinajstić information content (AvgIpc) is 2.71. The van der Waals surface area contributed by atoms with E-state index in [1.54, 1.807) is 6.20 Å². The SMILES string of the molecule is Cc1c(Cl)cccc1NC(=O)NCC1CCC(Nc2nccc(N(C)C)n2)CC1. The molecule has 1 heterocycles. The highest BCUT2D eigenvalue weighted by molar-refractivity contribution is 6.31. The highest BCUT2D eigenvalue weighted by Crippen LogP contribution is 2.26. The molecule has 1 aliphatic carbocycles. The third-order valence-corrected chi connectivity index (χ3v) is 5.76. The van der Waals surface area contributed by atoms with Crippen LogP contribution in [0.3, 0.4) is 0 Å². The Morgan fingerprint density at radius 1 is 1.21 bits per heavy atom. The number of halogens is 1. The van der Waals surface area contributed by atoms with Crippen molar-refractivity contribution in [3.8, 4) is 0 Å². The van der Waals surface area contributed by atoms with E-state index >= 15 is 0 Å². The lowest BCUT2D eigenvalue weighted by Gasteiger charge is -2.29. The van der Waals surface area contributed by atoms with Crippen LogP contribution in [0.4, 0.5) is 22.2 Å². The summed E-state index contributed by atoms with van der Waals surface area (Å²) >= 11 is 6.10. The summed E-state index contributed by atoms with van der Waals surface area (Å²) < 4.78 is 0. The Morgan fingerprint density at radius 2 is 1.97 bits per heavy atom. The fraction of sp³-hybridized carbons (Fsp3) is 0.476. The van der Waals surface area contributed by atoms with Crippen molar-refractivity contribution >= 4 is 35.1 Å². The van der Waals surface area contributed by atoms with Crippen LogP contribution in [-0.2, 0) is 0 Å². The summed E-state index contributed by atoms with van der Waals surface area (Å²) in [6, 6.07) is 7.57. The lowest BCUT2D eigenvalue weighted by molar-refractivity contribution is 0.246. The monoisotopic (exact) mass is 416 g/mol. The van der Waals surface area contributed by atoms with E-state index in [1.165, 1.54) is 0 Å². The van der Waals surface area contributed by atoms with E-state index in [2.05, 4.69) is 25.9 Å². The molecule has 3 rings (SSSR count). The Kier molecular flexibility index (Phi) is 7.14. The van der Waals surface area contributed by atoms with Crippen molar-refractivity contribution in [2.75, 3.05) is 36.2 Å². The molecule has 3 N–H and O–H groups in total. The van der Waals surface area contributed by atoms with Crippen LogP contribution in [-0.4, -0.2) is 42.7 Å². The molecule has 29 heavy (non-hydrogen) atoms. The molecular formula is C21H29ClN6O. The normalized spacial score (nSPS) is 18.8. The molecule has 0 unspecified atom stereocenters. The third kappa shape index (κ3) is 5.97. The Hall–Kier alpha value is -2.54. The van der Waals surface area contributed by atoms with Gasteiger partial charge in [-0.05, 0) is 62.3 Å². The van der Waals surface area contributed by atoms with Gasteiger partial charge in [-0.25, -0.2) is 9.78 Å². The minimum Gasteiger partial charge on any atom is -0.363 e. The van der Waals surface area contributed by atoms with Crippen LogP contribution in [0.5, 0.6) is 0 Å². The number of carbonyl (C=O) groups excluding carboxylic acids is 1. The lowest BCUT2D eigenvalue weighted by Crippen LogP contribution is -2.36. The average molecular weight is 417 g/mol. The van der Waals surface area contributed by atoms with Crippen LogP contribution in [0.1, 0.15) is 31.2 Å². The second-order valence-electron chi connectivity index (χ2n) is 7.74. The third-order valence-electron chi connectivity index (χ3n) is 5.35. The van der Waals surface area contributed by atoms with Gasteiger partial charge in [0.2, 0.25) is 5.95 Å². The molecule has 0 aliphatic heterocycles. The molecule has 0 atom stereocenters. The molecule has 7 nitrogen and oxygen atoms in total. The quantitative estimate of drug-likeness (QED) is 0.654. The van der Waals surface area contributed by atoms with Gasteiger partial charge in [-0.15, -0.1) is 0 Å². The van der Waals surface area contributed by atoms with Crippen molar-refractivity contribution in [3.05, 3.63) is 41.0 Å². The zero-order valence-corrected chi connectivity index (χ0v) is 18.0. The first-order valence-electron chi connectivity index (χ1n) is 9.99. The van der Waals surface area contributed by atoms with Crippen molar-refractivity contribution in [3.63, 3.8) is 0 Å². The number of nitrogens with zero attached hydrogens (tertiary/aromatic N) is 3. The van der Waals surface area contributed by atoms with Gasteiger partial charge in [0.05, 0.1) is 0 Å². The number of anilines is 3. The van der Waals surface area contributed by atoms with Crippen LogP contribution in [0, 0.1) is 12.8 Å². The second kappa shape index (κ2) is 9.78. The molecule has 0 spiro atoms. The molecule has 1 aromatic carbocycles. The van der Waals surface area contributed by atoms with Gasteiger partial charge >= 0.3 is 6.03 Å². The van der Waals surface area contributed by atoms with Gasteiger partial charge in [-0.2, -0.15) is 4.98 Å². The number of hydrogen-bond donors (Lipinski definition) is 3. The van der Waals surface area contributed by atoms with Crippen molar-refractivity contribution < 1.29 is 4.79 Å². The highest BCUT2D eigenvalue weighted by Gasteiger charge is 2.22. The summed E-state index contributed by atoms with van der Waals surface area (Å²) in [4.78, 5) is 23.0. The predicted octanol–water partition coefficient (Wildman–Crippen LogP) is 4.30. The first kappa shape index (κ1) is 21.2.